The summed E-state index contributed by atoms with van der Waals surface area (Å²) in [7, 11) is 0. The second kappa shape index (κ2) is 7.84. The fourth-order valence-corrected chi connectivity index (χ4v) is 8.20. The van der Waals surface area contributed by atoms with Gasteiger partial charge in [0.25, 0.3) is 0 Å². The van der Waals surface area contributed by atoms with Gasteiger partial charge in [-0.25, -0.2) is 4.79 Å². The first-order valence-corrected chi connectivity index (χ1v) is 11.9. The molecule has 4 nitrogen and oxygen atoms in total. The van der Waals surface area contributed by atoms with Gasteiger partial charge in [0, 0.05) is 13.0 Å². The highest BCUT2D eigenvalue weighted by Gasteiger charge is 2.58. The van der Waals surface area contributed by atoms with Crippen LogP contribution in [0.5, 0.6) is 0 Å². The SMILES string of the molecule is CC(=O)O[C@H]1CC[C@@]2(C)[C@H](CC[C@@H]3[C@@H]2CC[C@]2(C)C([C@H](C)/C=C/C(=O)O)=CC[C@@H]32)C1. The molecule has 0 heterocycles. The van der Waals surface area contributed by atoms with Crippen molar-refractivity contribution in [3.8, 4) is 0 Å². The second-order valence-corrected chi connectivity index (χ2v) is 11.0. The van der Waals surface area contributed by atoms with Crippen LogP contribution in [-0.4, -0.2) is 23.1 Å². The third-order valence-electron chi connectivity index (χ3n) is 9.61. The van der Waals surface area contributed by atoms with E-state index in [-0.39, 0.29) is 23.4 Å². The number of carboxylic acids is 1. The molecule has 4 aliphatic carbocycles. The molecule has 0 unspecified atom stereocenters. The summed E-state index contributed by atoms with van der Waals surface area (Å²) >= 11 is 0. The van der Waals surface area contributed by atoms with Crippen LogP contribution in [0.15, 0.2) is 23.8 Å². The van der Waals surface area contributed by atoms with Gasteiger partial charge in [-0.2, -0.15) is 0 Å². The van der Waals surface area contributed by atoms with Crippen molar-refractivity contribution < 1.29 is 19.4 Å². The van der Waals surface area contributed by atoms with Crippen molar-refractivity contribution in [1.82, 2.24) is 0 Å². The second-order valence-electron chi connectivity index (χ2n) is 11.0. The Labute approximate surface area is 181 Å². The Bertz CT molecular complexity index is 767. The largest absolute Gasteiger partial charge is 0.478 e. The topological polar surface area (TPSA) is 63.6 Å². The van der Waals surface area contributed by atoms with Gasteiger partial charge >= 0.3 is 11.9 Å². The first kappa shape index (κ1) is 21.6. The maximum atomic E-state index is 11.4. The van der Waals surface area contributed by atoms with Crippen LogP contribution in [0.3, 0.4) is 0 Å². The molecule has 0 spiro atoms. The van der Waals surface area contributed by atoms with Crippen molar-refractivity contribution in [2.24, 2.45) is 40.4 Å². The monoisotopic (exact) mass is 414 g/mol. The zero-order valence-electron chi connectivity index (χ0n) is 19.0. The molecule has 166 valence electrons. The summed E-state index contributed by atoms with van der Waals surface area (Å²) in [5.41, 5.74) is 2.05. The Morgan fingerprint density at radius 3 is 2.63 bits per heavy atom. The first-order chi connectivity index (χ1) is 14.1. The molecule has 3 saturated carbocycles. The van der Waals surface area contributed by atoms with Gasteiger partial charge < -0.3 is 9.84 Å². The summed E-state index contributed by atoms with van der Waals surface area (Å²) in [6.07, 6.45) is 15.1. The van der Waals surface area contributed by atoms with Crippen molar-refractivity contribution in [3.63, 3.8) is 0 Å². The molecule has 30 heavy (non-hydrogen) atoms. The molecule has 4 heteroatoms. The molecular formula is C26H38O4. The van der Waals surface area contributed by atoms with Crippen molar-refractivity contribution >= 4 is 11.9 Å². The standard InChI is InChI=1S/C26H38O4/c1-16(5-10-24(28)29)21-8-9-22-20-7-6-18-15-19(30-17(2)27)11-13-25(18,3)23(20)12-14-26(21,22)4/h5,8,10,16,18-20,22-23H,6-7,9,11-15H2,1-4H3,(H,28,29)/b10-5+/t16-,18-,19+,20+,22+,23+,25+,26-/m1/s1. The van der Waals surface area contributed by atoms with Crippen LogP contribution in [0.2, 0.25) is 0 Å². The van der Waals surface area contributed by atoms with E-state index in [4.69, 9.17) is 9.84 Å². The van der Waals surface area contributed by atoms with E-state index in [1.165, 1.54) is 50.7 Å². The molecule has 0 radical (unpaired) electrons. The lowest BCUT2D eigenvalue weighted by molar-refractivity contribution is -0.158. The predicted molar refractivity (Wildman–Crippen MR) is 117 cm³/mol. The van der Waals surface area contributed by atoms with Gasteiger partial charge in [0.15, 0.2) is 0 Å². The van der Waals surface area contributed by atoms with E-state index < -0.39 is 5.97 Å². The van der Waals surface area contributed by atoms with Gasteiger partial charge in [-0.3, -0.25) is 4.79 Å². The number of allylic oxidation sites excluding steroid dienone is 3. The van der Waals surface area contributed by atoms with Gasteiger partial charge in [-0.1, -0.05) is 38.5 Å². The highest BCUT2D eigenvalue weighted by atomic mass is 16.5. The average molecular weight is 415 g/mol. The molecule has 0 aromatic heterocycles. The number of rotatable bonds is 4. The smallest absolute Gasteiger partial charge is 0.327 e. The van der Waals surface area contributed by atoms with Crippen LogP contribution in [0.4, 0.5) is 0 Å². The van der Waals surface area contributed by atoms with Crippen LogP contribution in [0.1, 0.15) is 79.1 Å². The molecule has 1 N–H and O–H groups in total. The molecule has 4 rings (SSSR count). The normalized spacial score (nSPS) is 43.9. The summed E-state index contributed by atoms with van der Waals surface area (Å²) in [4.78, 5) is 22.4. The maximum absolute atomic E-state index is 11.4. The highest BCUT2D eigenvalue weighted by Crippen LogP contribution is 2.67. The molecule has 0 amide bonds. The maximum Gasteiger partial charge on any atom is 0.327 e. The molecule has 0 aromatic rings. The lowest BCUT2D eigenvalue weighted by Crippen LogP contribution is -2.54. The van der Waals surface area contributed by atoms with E-state index in [9.17, 15) is 9.59 Å². The predicted octanol–water partition coefficient (Wildman–Crippen LogP) is 5.77. The summed E-state index contributed by atoms with van der Waals surface area (Å²) in [6.45, 7) is 8.66. The number of aliphatic carboxylic acids is 1. The Hall–Kier alpha value is -1.58. The lowest BCUT2D eigenvalue weighted by atomic mass is 9.44. The van der Waals surface area contributed by atoms with Gasteiger partial charge in [-0.15, -0.1) is 0 Å². The minimum atomic E-state index is -0.860. The molecule has 0 aromatic carbocycles. The van der Waals surface area contributed by atoms with E-state index in [1.54, 1.807) is 0 Å². The Morgan fingerprint density at radius 2 is 1.93 bits per heavy atom. The van der Waals surface area contributed by atoms with Crippen LogP contribution >= 0.6 is 0 Å². The molecule has 4 aliphatic rings. The Morgan fingerprint density at radius 1 is 1.17 bits per heavy atom. The zero-order valence-corrected chi connectivity index (χ0v) is 19.0. The quantitative estimate of drug-likeness (QED) is 0.360. The minimum absolute atomic E-state index is 0.118. The summed E-state index contributed by atoms with van der Waals surface area (Å²) in [5, 5.41) is 9.03. The number of carbonyl (C=O) groups excluding carboxylic acids is 1. The van der Waals surface area contributed by atoms with Gasteiger partial charge in [-0.05, 0) is 91.8 Å². The fourth-order valence-electron chi connectivity index (χ4n) is 8.20. The number of ether oxygens (including phenoxy) is 1. The van der Waals surface area contributed by atoms with Crippen molar-refractivity contribution in [2.45, 2.75) is 85.2 Å². The van der Waals surface area contributed by atoms with Crippen LogP contribution in [0, 0.1) is 40.4 Å². The van der Waals surface area contributed by atoms with Gasteiger partial charge in [0.2, 0.25) is 0 Å². The van der Waals surface area contributed by atoms with E-state index in [0.717, 1.165) is 31.1 Å². The molecule has 0 aliphatic heterocycles. The van der Waals surface area contributed by atoms with Gasteiger partial charge in [0.1, 0.15) is 6.10 Å². The van der Waals surface area contributed by atoms with E-state index in [1.807, 2.05) is 6.08 Å². The summed E-state index contributed by atoms with van der Waals surface area (Å²) in [5.74, 6) is 2.09. The van der Waals surface area contributed by atoms with Crippen molar-refractivity contribution in [1.29, 1.82) is 0 Å². The number of hydrogen-bond donors (Lipinski definition) is 1. The van der Waals surface area contributed by atoms with Crippen molar-refractivity contribution in [3.05, 3.63) is 23.8 Å². The number of hydrogen-bond acceptors (Lipinski definition) is 3. The summed E-state index contributed by atoms with van der Waals surface area (Å²) in [6, 6.07) is 0. The average Bonchev–Trinajstić information content (AvgIpc) is 3.03. The molecule has 3 fully saturated rings. The summed E-state index contributed by atoms with van der Waals surface area (Å²) < 4.78 is 5.59. The molecular weight excluding hydrogens is 376 g/mol. The van der Waals surface area contributed by atoms with Crippen LogP contribution in [0.25, 0.3) is 0 Å². The minimum Gasteiger partial charge on any atom is -0.478 e. The lowest BCUT2D eigenvalue weighted by Gasteiger charge is -2.61. The fraction of sp³-hybridized carbons (Fsp3) is 0.769. The van der Waals surface area contributed by atoms with E-state index in [0.29, 0.717) is 17.3 Å². The van der Waals surface area contributed by atoms with Crippen LogP contribution < -0.4 is 0 Å². The number of fused-ring (bicyclic) bond motifs is 5. The molecule has 0 saturated heterocycles. The Kier molecular flexibility index (Phi) is 5.65. The number of carboxylic acid groups (broad SMARTS) is 1. The zero-order chi connectivity index (χ0) is 21.7. The van der Waals surface area contributed by atoms with E-state index in [2.05, 4.69) is 26.8 Å². The highest BCUT2D eigenvalue weighted by molar-refractivity contribution is 5.79. The van der Waals surface area contributed by atoms with E-state index >= 15 is 0 Å². The third kappa shape index (κ3) is 3.54. The Balaban J connectivity index is 1.50. The third-order valence-corrected chi connectivity index (χ3v) is 9.61. The van der Waals surface area contributed by atoms with Crippen LogP contribution in [-0.2, 0) is 14.3 Å². The van der Waals surface area contributed by atoms with Gasteiger partial charge in [0.05, 0.1) is 0 Å². The molecule has 8 atom stereocenters. The number of carbonyl (C=O) groups is 2. The van der Waals surface area contributed by atoms with Crippen molar-refractivity contribution in [2.75, 3.05) is 0 Å². The first-order valence-electron chi connectivity index (χ1n) is 11.9. The molecule has 0 bridgehead atoms. The number of esters is 1.